The van der Waals surface area contributed by atoms with Crippen molar-refractivity contribution >= 4 is 39.1 Å². The molecule has 1 heterocycles. The molecule has 156 valence electrons. The molecule has 0 saturated carbocycles. The molecule has 0 atom stereocenters. The third-order valence-corrected chi connectivity index (χ3v) is 7.45. The van der Waals surface area contributed by atoms with Gasteiger partial charge < -0.3 is 4.90 Å². The van der Waals surface area contributed by atoms with Crippen LogP contribution in [0.2, 0.25) is 10.0 Å². The molecule has 0 bridgehead atoms. The monoisotopic (exact) mass is 454 g/mol. The van der Waals surface area contributed by atoms with Crippen LogP contribution >= 0.6 is 23.2 Å². The van der Waals surface area contributed by atoms with E-state index in [1.165, 1.54) is 28.6 Å². The zero-order chi connectivity index (χ0) is 20.9. The van der Waals surface area contributed by atoms with E-state index in [4.69, 9.17) is 23.2 Å². The van der Waals surface area contributed by atoms with Crippen LogP contribution < -0.4 is 0 Å². The maximum absolute atomic E-state index is 13.3. The van der Waals surface area contributed by atoms with Gasteiger partial charge in [0.2, 0.25) is 15.9 Å². The Morgan fingerprint density at radius 2 is 1.55 bits per heavy atom. The van der Waals surface area contributed by atoms with Crippen LogP contribution in [0.15, 0.2) is 53.4 Å². The van der Waals surface area contributed by atoms with Gasteiger partial charge in [0.25, 0.3) is 0 Å². The highest BCUT2D eigenvalue weighted by atomic mass is 35.5. The van der Waals surface area contributed by atoms with Gasteiger partial charge in [-0.05, 0) is 48.7 Å². The molecule has 0 unspecified atom stereocenters. The predicted molar refractivity (Wildman–Crippen MR) is 116 cm³/mol. The molecule has 2 aromatic rings. The smallest absolute Gasteiger partial charge is 0.243 e. The van der Waals surface area contributed by atoms with Crippen molar-refractivity contribution in [2.45, 2.75) is 37.1 Å². The lowest BCUT2D eigenvalue weighted by Crippen LogP contribution is -2.43. The summed E-state index contributed by atoms with van der Waals surface area (Å²) in [5, 5.41) is 0.910. The van der Waals surface area contributed by atoms with E-state index < -0.39 is 10.0 Å². The molecule has 0 spiro atoms. The minimum atomic E-state index is -3.91. The fourth-order valence-corrected chi connectivity index (χ4v) is 5.06. The summed E-state index contributed by atoms with van der Waals surface area (Å²) in [6.45, 7) is 1.12. The van der Waals surface area contributed by atoms with Crippen molar-refractivity contribution in [3.05, 3.63) is 64.1 Å². The van der Waals surface area contributed by atoms with Crippen molar-refractivity contribution in [2.75, 3.05) is 19.6 Å². The maximum Gasteiger partial charge on any atom is 0.243 e. The SMILES string of the molecule is O=C(CN(Cc1ccccc1Cl)S(=O)(=O)c1ccc(Cl)cc1)N1CCCCCC1. The first kappa shape index (κ1) is 22.1. The van der Waals surface area contributed by atoms with E-state index in [0.29, 0.717) is 28.7 Å². The fraction of sp³-hybridized carbons (Fsp3) is 0.381. The number of nitrogens with zero attached hydrogens (tertiary/aromatic N) is 2. The minimum Gasteiger partial charge on any atom is -0.342 e. The third kappa shape index (κ3) is 5.72. The van der Waals surface area contributed by atoms with Crippen LogP contribution in [0.4, 0.5) is 0 Å². The summed E-state index contributed by atoms with van der Waals surface area (Å²) in [5.41, 5.74) is 0.648. The van der Waals surface area contributed by atoms with E-state index >= 15 is 0 Å². The molecule has 2 aromatic carbocycles. The van der Waals surface area contributed by atoms with Gasteiger partial charge in [-0.15, -0.1) is 0 Å². The normalized spacial score (nSPS) is 15.3. The Morgan fingerprint density at radius 3 is 2.17 bits per heavy atom. The second-order valence-electron chi connectivity index (χ2n) is 7.11. The highest BCUT2D eigenvalue weighted by Gasteiger charge is 2.29. The van der Waals surface area contributed by atoms with Gasteiger partial charge in [0.15, 0.2) is 0 Å². The number of halogens is 2. The number of carbonyl (C=O) groups excluding carboxylic acids is 1. The van der Waals surface area contributed by atoms with Crippen LogP contribution in [-0.2, 0) is 21.4 Å². The van der Waals surface area contributed by atoms with Gasteiger partial charge in [-0.25, -0.2) is 8.42 Å². The molecule has 5 nitrogen and oxygen atoms in total. The molecular weight excluding hydrogens is 431 g/mol. The zero-order valence-corrected chi connectivity index (χ0v) is 18.4. The first-order chi connectivity index (χ1) is 13.9. The Hall–Kier alpha value is -1.60. The zero-order valence-electron chi connectivity index (χ0n) is 16.1. The highest BCUT2D eigenvalue weighted by molar-refractivity contribution is 7.89. The van der Waals surface area contributed by atoms with Crippen molar-refractivity contribution < 1.29 is 13.2 Å². The molecule has 1 aliphatic heterocycles. The first-order valence-electron chi connectivity index (χ1n) is 9.65. The van der Waals surface area contributed by atoms with E-state index in [9.17, 15) is 13.2 Å². The highest BCUT2D eigenvalue weighted by Crippen LogP contribution is 2.24. The Labute approximate surface area is 182 Å². The average Bonchev–Trinajstić information content (AvgIpc) is 2.99. The lowest BCUT2D eigenvalue weighted by Gasteiger charge is -2.26. The number of benzene rings is 2. The lowest BCUT2D eigenvalue weighted by molar-refractivity contribution is -0.131. The largest absolute Gasteiger partial charge is 0.342 e. The Bertz CT molecular complexity index is 941. The number of hydrogen-bond acceptors (Lipinski definition) is 3. The second kappa shape index (κ2) is 9.94. The van der Waals surface area contributed by atoms with E-state index in [-0.39, 0.29) is 23.9 Å². The number of likely N-dealkylation sites (tertiary alicyclic amines) is 1. The number of hydrogen-bond donors (Lipinski definition) is 0. The summed E-state index contributed by atoms with van der Waals surface area (Å²) >= 11 is 12.2. The van der Waals surface area contributed by atoms with Crippen LogP contribution in [0.5, 0.6) is 0 Å². The number of sulfonamides is 1. The molecule has 8 heteroatoms. The van der Waals surface area contributed by atoms with Gasteiger partial charge >= 0.3 is 0 Å². The molecule has 0 N–H and O–H groups in total. The lowest BCUT2D eigenvalue weighted by atomic mass is 10.2. The molecule has 1 aliphatic rings. The third-order valence-electron chi connectivity index (χ3n) is 5.03. The van der Waals surface area contributed by atoms with E-state index in [1.54, 1.807) is 29.2 Å². The van der Waals surface area contributed by atoms with Crippen LogP contribution in [0, 0.1) is 0 Å². The van der Waals surface area contributed by atoms with Crippen molar-refractivity contribution in [3.63, 3.8) is 0 Å². The van der Waals surface area contributed by atoms with Gasteiger partial charge in [0.05, 0.1) is 11.4 Å². The topological polar surface area (TPSA) is 57.7 Å². The molecule has 0 aliphatic carbocycles. The number of rotatable bonds is 6. The van der Waals surface area contributed by atoms with Crippen LogP contribution in [0.25, 0.3) is 0 Å². The van der Waals surface area contributed by atoms with Crippen LogP contribution in [0.3, 0.4) is 0 Å². The van der Waals surface area contributed by atoms with E-state index in [2.05, 4.69) is 0 Å². The predicted octanol–water partition coefficient (Wildman–Crippen LogP) is 4.59. The van der Waals surface area contributed by atoms with Gasteiger partial charge in [-0.1, -0.05) is 54.2 Å². The van der Waals surface area contributed by atoms with Gasteiger partial charge in [-0.3, -0.25) is 4.79 Å². The molecule has 0 aromatic heterocycles. The van der Waals surface area contributed by atoms with Gasteiger partial charge in [-0.2, -0.15) is 4.31 Å². The van der Waals surface area contributed by atoms with E-state index in [1.807, 2.05) is 0 Å². The standard InChI is InChI=1S/C21H24Cl2N2O3S/c22-18-9-11-19(12-10-18)29(27,28)25(15-17-7-3-4-8-20(17)23)16-21(26)24-13-5-1-2-6-14-24/h3-4,7-12H,1-2,5-6,13-16H2. The summed E-state index contributed by atoms with van der Waals surface area (Å²) in [4.78, 5) is 14.8. The number of amides is 1. The van der Waals surface area contributed by atoms with Crippen molar-refractivity contribution in [1.82, 2.24) is 9.21 Å². The summed E-state index contributed by atoms with van der Waals surface area (Å²) in [5.74, 6) is -0.184. The summed E-state index contributed by atoms with van der Waals surface area (Å²) < 4.78 is 27.8. The van der Waals surface area contributed by atoms with Gasteiger partial charge in [0.1, 0.15) is 0 Å². The average molecular weight is 455 g/mol. The van der Waals surface area contributed by atoms with E-state index in [0.717, 1.165) is 25.7 Å². The molecule has 1 saturated heterocycles. The van der Waals surface area contributed by atoms with Crippen molar-refractivity contribution in [3.8, 4) is 0 Å². The number of carbonyl (C=O) groups is 1. The van der Waals surface area contributed by atoms with Crippen molar-refractivity contribution in [2.24, 2.45) is 0 Å². The Balaban J connectivity index is 1.89. The van der Waals surface area contributed by atoms with Gasteiger partial charge in [0, 0.05) is 29.7 Å². The molecule has 0 radical (unpaired) electrons. The summed E-state index contributed by atoms with van der Waals surface area (Å²) in [6.07, 6.45) is 4.08. The summed E-state index contributed by atoms with van der Waals surface area (Å²) in [6, 6.07) is 13.0. The molecule has 29 heavy (non-hydrogen) atoms. The van der Waals surface area contributed by atoms with Crippen LogP contribution in [-0.4, -0.2) is 43.2 Å². The minimum absolute atomic E-state index is 0.0181. The Kier molecular flexibility index (Phi) is 7.57. The maximum atomic E-state index is 13.3. The van der Waals surface area contributed by atoms with Crippen LogP contribution in [0.1, 0.15) is 31.2 Å². The first-order valence-corrected chi connectivity index (χ1v) is 11.8. The second-order valence-corrected chi connectivity index (χ2v) is 9.90. The summed E-state index contributed by atoms with van der Waals surface area (Å²) in [7, 11) is -3.91. The van der Waals surface area contributed by atoms with Crippen molar-refractivity contribution in [1.29, 1.82) is 0 Å². The molecule has 3 rings (SSSR count). The molecular formula is C21H24Cl2N2O3S. The molecule has 1 amide bonds. The fourth-order valence-electron chi connectivity index (χ4n) is 3.37. The Morgan fingerprint density at radius 1 is 0.931 bits per heavy atom. The molecule has 1 fully saturated rings. The quantitative estimate of drug-likeness (QED) is 0.641.